The van der Waals surface area contributed by atoms with Gasteiger partial charge in [-0.1, -0.05) is 18.9 Å². The highest BCUT2D eigenvalue weighted by atomic mass is 32.1. The fraction of sp³-hybridized carbons (Fsp3) is 0.435. The maximum Gasteiger partial charge on any atom is 0.306 e. The fourth-order valence-corrected chi connectivity index (χ4v) is 4.81. The Hall–Kier alpha value is -2.27. The molecule has 1 aliphatic carbocycles. The molecule has 1 aliphatic rings. The van der Waals surface area contributed by atoms with E-state index in [1.807, 2.05) is 19.1 Å². The number of thiophene rings is 1. The molecule has 3 aromatic rings. The number of hydrogen-bond acceptors (Lipinski definition) is 4. The van der Waals surface area contributed by atoms with Crippen LogP contribution in [0.3, 0.4) is 0 Å². The van der Waals surface area contributed by atoms with E-state index in [0.29, 0.717) is 19.6 Å². The number of H-pyrrole nitrogens is 1. The van der Waals surface area contributed by atoms with E-state index >= 15 is 0 Å². The highest BCUT2D eigenvalue weighted by Gasteiger charge is 2.25. The molecule has 1 unspecified atom stereocenters. The molecular weight excluding hydrogens is 370 g/mol. The maximum atomic E-state index is 12.2. The van der Waals surface area contributed by atoms with Gasteiger partial charge in [0.15, 0.2) is 0 Å². The molecule has 5 heteroatoms. The van der Waals surface area contributed by atoms with Crippen molar-refractivity contribution in [1.29, 1.82) is 0 Å². The van der Waals surface area contributed by atoms with Crippen molar-refractivity contribution in [3.05, 3.63) is 51.8 Å². The normalized spacial score (nSPS) is 17.0. The van der Waals surface area contributed by atoms with Crippen molar-refractivity contribution < 1.29 is 14.3 Å². The van der Waals surface area contributed by atoms with Gasteiger partial charge in [-0.15, -0.1) is 11.3 Å². The van der Waals surface area contributed by atoms with Gasteiger partial charge < -0.3 is 14.5 Å². The summed E-state index contributed by atoms with van der Waals surface area (Å²) < 4.78 is 11.2. The Morgan fingerprint density at radius 2 is 2.18 bits per heavy atom. The highest BCUT2D eigenvalue weighted by molar-refractivity contribution is 7.09. The molecule has 4 rings (SSSR count). The Kier molecular flexibility index (Phi) is 6.01. The lowest BCUT2D eigenvalue weighted by Crippen LogP contribution is -2.13. The molecule has 0 spiro atoms. The number of ether oxygens (including phenoxy) is 2. The zero-order chi connectivity index (χ0) is 19.3. The van der Waals surface area contributed by atoms with Crippen LogP contribution < -0.4 is 4.74 Å². The Morgan fingerprint density at radius 1 is 1.25 bits per heavy atom. The Bertz CT molecular complexity index is 929. The minimum atomic E-state index is -0.0933. The van der Waals surface area contributed by atoms with Gasteiger partial charge in [0.25, 0.3) is 0 Å². The summed E-state index contributed by atoms with van der Waals surface area (Å²) in [5.41, 5.74) is 3.69. The Labute approximate surface area is 169 Å². The molecule has 0 saturated heterocycles. The summed E-state index contributed by atoms with van der Waals surface area (Å²) in [4.78, 5) is 17.0. The number of aromatic nitrogens is 1. The Balaban J connectivity index is 1.62. The van der Waals surface area contributed by atoms with Crippen LogP contribution in [-0.2, 0) is 22.6 Å². The summed E-state index contributed by atoms with van der Waals surface area (Å²) in [7, 11) is 0. The number of carbonyl (C=O) groups excluding carboxylic acids is 1. The average molecular weight is 398 g/mol. The highest BCUT2D eigenvalue weighted by Crippen LogP contribution is 2.38. The largest absolute Gasteiger partial charge is 0.488 e. The molecule has 28 heavy (non-hydrogen) atoms. The summed E-state index contributed by atoms with van der Waals surface area (Å²) in [5, 5.41) is 3.28. The van der Waals surface area contributed by atoms with Gasteiger partial charge >= 0.3 is 5.97 Å². The first kappa shape index (κ1) is 19.1. The van der Waals surface area contributed by atoms with E-state index in [9.17, 15) is 4.79 Å². The first-order valence-electron chi connectivity index (χ1n) is 10.2. The molecule has 0 bridgehead atoms. The average Bonchev–Trinajstić information content (AvgIpc) is 3.30. The predicted octanol–water partition coefficient (Wildman–Crippen LogP) is 5.96. The number of fused-ring (bicyclic) bond motifs is 3. The van der Waals surface area contributed by atoms with Crippen LogP contribution in [0.1, 0.15) is 61.1 Å². The van der Waals surface area contributed by atoms with E-state index in [1.165, 1.54) is 34.4 Å². The molecular formula is C23H27NO3S. The van der Waals surface area contributed by atoms with Gasteiger partial charge in [0, 0.05) is 27.5 Å². The second-order valence-corrected chi connectivity index (χ2v) is 8.43. The molecule has 0 fully saturated rings. The smallest absolute Gasteiger partial charge is 0.306 e. The van der Waals surface area contributed by atoms with Crippen molar-refractivity contribution >= 4 is 28.2 Å². The molecule has 1 aromatic carbocycles. The van der Waals surface area contributed by atoms with Crippen molar-refractivity contribution in [3.8, 4) is 5.75 Å². The van der Waals surface area contributed by atoms with E-state index in [1.54, 1.807) is 11.3 Å². The van der Waals surface area contributed by atoms with Crippen molar-refractivity contribution in [2.75, 3.05) is 6.61 Å². The molecule has 2 heterocycles. The van der Waals surface area contributed by atoms with Crippen molar-refractivity contribution in [2.24, 2.45) is 0 Å². The summed E-state index contributed by atoms with van der Waals surface area (Å²) in [6.07, 6.45) is 6.10. The van der Waals surface area contributed by atoms with Crippen LogP contribution in [-0.4, -0.2) is 17.6 Å². The van der Waals surface area contributed by atoms with Gasteiger partial charge in [0.05, 0.1) is 13.0 Å². The van der Waals surface area contributed by atoms with Crippen LogP contribution in [0.5, 0.6) is 5.75 Å². The van der Waals surface area contributed by atoms with Crippen LogP contribution in [0.4, 0.5) is 0 Å². The van der Waals surface area contributed by atoms with Crippen molar-refractivity contribution in [2.45, 2.75) is 58.0 Å². The van der Waals surface area contributed by atoms with Crippen LogP contribution >= 0.6 is 11.3 Å². The molecule has 0 aliphatic heterocycles. The minimum absolute atomic E-state index is 0.0933. The summed E-state index contributed by atoms with van der Waals surface area (Å²) in [5.74, 6) is 1.00. The third kappa shape index (κ3) is 4.25. The number of esters is 1. The fourth-order valence-electron chi connectivity index (χ4n) is 4.20. The zero-order valence-corrected chi connectivity index (χ0v) is 17.1. The minimum Gasteiger partial charge on any atom is -0.488 e. The van der Waals surface area contributed by atoms with Gasteiger partial charge in [-0.3, -0.25) is 4.79 Å². The third-order valence-corrected chi connectivity index (χ3v) is 6.31. The van der Waals surface area contributed by atoms with Crippen molar-refractivity contribution in [3.63, 3.8) is 0 Å². The van der Waals surface area contributed by atoms with Gasteiger partial charge in [-0.25, -0.2) is 0 Å². The molecule has 148 valence electrons. The van der Waals surface area contributed by atoms with Crippen LogP contribution in [0, 0.1) is 0 Å². The standard InChI is InChI=1S/C23H27NO3S/c1-2-26-22(25)13-16-7-4-3-5-9-20-23(16)19-11-10-17(14-21(19)24-20)27-15-18-8-6-12-28-18/h6,8,10-12,14,16,24H,2-5,7,9,13,15H2,1H3. The van der Waals surface area contributed by atoms with Crippen LogP contribution in [0.2, 0.25) is 0 Å². The molecule has 0 radical (unpaired) electrons. The van der Waals surface area contributed by atoms with E-state index in [4.69, 9.17) is 9.47 Å². The predicted molar refractivity (Wildman–Crippen MR) is 113 cm³/mol. The topological polar surface area (TPSA) is 51.3 Å². The number of benzene rings is 1. The second-order valence-electron chi connectivity index (χ2n) is 7.40. The first-order valence-corrected chi connectivity index (χ1v) is 11.1. The SMILES string of the molecule is CCOC(=O)CC1CCCCCc2[nH]c3cc(OCc4cccs4)ccc3c21. The summed E-state index contributed by atoms with van der Waals surface area (Å²) >= 11 is 1.71. The van der Waals surface area contributed by atoms with Gasteiger partial charge in [-0.2, -0.15) is 0 Å². The number of aromatic amines is 1. The van der Waals surface area contributed by atoms with Gasteiger partial charge in [0.2, 0.25) is 0 Å². The lowest BCUT2D eigenvalue weighted by Gasteiger charge is -2.20. The van der Waals surface area contributed by atoms with E-state index in [0.717, 1.165) is 30.5 Å². The number of hydrogen-bond donors (Lipinski definition) is 1. The van der Waals surface area contributed by atoms with Gasteiger partial charge in [0.1, 0.15) is 12.4 Å². The quantitative estimate of drug-likeness (QED) is 0.522. The number of rotatable bonds is 6. The molecule has 4 nitrogen and oxygen atoms in total. The number of carbonyl (C=O) groups is 1. The molecule has 2 aromatic heterocycles. The maximum absolute atomic E-state index is 12.2. The number of aryl methyl sites for hydroxylation is 1. The van der Waals surface area contributed by atoms with Crippen LogP contribution in [0.15, 0.2) is 35.7 Å². The molecule has 1 N–H and O–H groups in total. The first-order chi connectivity index (χ1) is 13.7. The summed E-state index contributed by atoms with van der Waals surface area (Å²) in [6.45, 7) is 2.90. The van der Waals surface area contributed by atoms with E-state index < -0.39 is 0 Å². The third-order valence-electron chi connectivity index (χ3n) is 5.46. The molecule has 1 atom stereocenters. The van der Waals surface area contributed by atoms with E-state index in [-0.39, 0.29) is 11.9 Å². The Morgan fingerprint density at radius 3 is 3.00 bits per heavy atom. The van der Waals surface area contributed by atoms with Crippen molar-refractivity contribution in [1.82, 2.24) is 4.98 Å². The zero-order valence-electron chi connectivity index (χ0n) is 16.3. The molecule has 0 saturated carbocycles. The van der Waals surface area contributed by atoms with E-state index in [2.05, 4.69) is 28.6 Å². The number of nitrogens with one attached hydrogen (secondary N) is 1. The molecule has 0 amide bonds. The lowest BCUT2D eigenvalue weighted by atomic mass is 9.85. The second kappa shape index (κ2) is 8.82. The summed E-state index contributed by atoms with van der Waals surface area (Å²) in [6, 6.07) is 10.4. The lowest BCUT2D eigenvalue weighted by molar-refractivity contribution is -0.143. The van der Waals surface area contributed by atoms with Crippen LogP contribution in [0.25, 0.3) is 10.9 Å². The van der Waals surface area contributed by atoms with Gasteiger partial charge in [-0.05, 0) is 61.2 Å². The monoisotopic (exact) mass is 397 g/mol.